The number of carboxylic acid groups (broad SMARTS) is 1. The summed E-state index contributed by atoms with van der Waals surface area (Å²) in [6.45, 7) is 5.21. The van der Waals surface area contributed by atoms with Crippen LogP contribution in [0.25, 0.3) is 0 Å². The molecule has 2 fully saturated rings. The number of benzene rings is 1. The molecule has 3 atom stereocenters. The van der Waals surface area contributed by atoms with Crippen molar-refractivity contribution in [1.29, 1.82) is 0 Å². The van der Waals surface area contributed by atoms with Crippen molar-refractivity contribution in [2.75, 3.05) is 0 Å². The van der Waals surface area contributed by atoms with Crippen molar-refractivity contribution in [1.82, 2.24) is 4.90 Å². The van der Waals surface area contributed by atoms with Crippen molar-refractivity contribution in [2.45, 2.75) is 51.7 Å². The lowest BCUT2D eigenvalue weighted by Crippen LogP contribution is -2.32. The van der Waals surface area contributed by atoms with Gasteiger partial charge in [-0.05, 0) is 49.8 Å². The first-order valence-electron chi connectivity index (χ1n) is 7.11. The summed E-state index contributed by atoms with van der Waals surface area (Å²) in [6, 6.07) is 7.14. The summed E-state index contributed by atoms with van der Waals surface area (Å²) >= 11 is 0. The molecule has 1 aromatic rings. The highest BCUT2D eigenvalue weighted by atomic mass is 16.4. The summed E-state index contributed by atoms with van der Waals surface area (Å²) < 4.78 is 0. The van der Waals surface area contributed by atoms with Crippen molar-refractivity contribution >= 4 is 5.97 Å². The summed E-state index contributed by atoms with van der Waals surface area (Å²) in [5.41, 5.74) is 4.02. The molecule has 19 heavy (non-hydrogen) atoms. The summed E-state index contributed by atoms with van der Waals surface area (Å²) in [7, 11) is 0. The highest BCUT2D eigenvalue weighted by Crippen LogP contribution is 2.42. The lowest BCUT2D eigenvalue weighted by molar-refractivity contribution is -0.142. The average Bonchev–Trinajstić information content (AvgIpc) is 2.92. The highest BCUT2D eigenvalue weighted by Gasteiger charge is 2.48. The number of carboxylic acids is 1. The normalized spacial score (nSPS) is 29.9. The van der Waals surface area contributed by atoms with Gasteiger partial charge in [0.25, 0.3) is 0 Å². The minimum atomic E-state index is -0.613. The molecule has 0 aromatic heterocycles. The van der Waals surface area contributed by atoms with Crippen LogP contribution in [-0.2, 0) is 11.3 Å². The SMILES string of the molecule is Cc1cccc(CN2C3CCC2C(C(=O)O)C3)c1C. The Morgan fingerprint density at radius 2 is 2.16 bits per heavy atom. The van der Waals surface area contributed by atoms with Crippen molar-refractivity contribution in [2.24, 2.45) is 5.92 Å². The Kier molecular flexibility index (Phi) is 3.09. The number of hydrogen-bond acceptors (Lipinski definition) is 2. The Morgan fingerprint density at radius 3 is 2.84 bits per heavy atom. The molecule has 0 spiro atoms. The van der Waals surface area contributed by atoms with Gasteiger partial charge in [0, 0.05) is 18.6 Å². The van der Waals surface area contributed by atoms with Crippen molar-refractivity contribution in [3.63, 3.8) is 0 Å². The van der Waals surface area contributed by atoms with E-state index in [4.69, 9.17) is 0 Å². The van der Waals surface area contributed by atoms with Gasteiger partial charge in [-0.3, -0.25) is 9.69 Å². The van der Waals surface area contributed by atoms with Crippen LogP contribution in [0, 0.1) is 19.8 Å². The minimum absolute atomic E-state index is 0.149. The number of nitrogens with zero attached hydrogens (tertiary/aromatic N) is 1. The van der Waals surface area contributed by atoms with Crippen molar-refractivity contribution in [3.05, 3.63) is 34.9 Å². The zero-order chi connectivity index (χ0) is 13.6. The van der Waals surface area contributed by atoms with Crippen LogP contribution in [0.4, 0.5) is 0 Å². The summed E-state index contributed by atoms with van der Waals surface area (Å²) in [5, 5.41) is 9.29. The maximum atomic E-state index is 11.3. The zero-order valence-electron chi connectivity index (χ0n) is 11.6. The van der Waals surface area contributed by atoms with E-state index in [2.05, 4.69) is 36.9 Å². The van der Waals surface area contributed by atoms with Gasteiger partial charge in [0.05, 0.1) is 5.92 Å². The summed E-state index contributed by atoms with van der Waals surface area (Å²) in [5.74, 6) is -0.762. The molecule has 3 nitrogen and oxygen atoms in total. The van der Waals surface area contributed by atoms with E-state index in [-0.39, 0.29) is 12.0 Å². The third kappa shape index (κ3) is 2.06. The molecule has 0 aliphatic carbocycles. The second-order valence-electron chi connectivity index (χ2n) is 6.01. The highest BCUT2D eigenvalue weighted by molar-refractivity contribution is 5.71. The second kappa shape index (κ2) is 4.64. The van der Waals surface area contributed by atoms with Crippen LogP contribution >= 0.6 is 0 Å². The Bertz CT molecular complexity index is 511. The molecule has 2 bridgehead atoms. The molecule has 2 saturated heterocycles. The number of fused-ring (bicyclic) bond motifs is 2. The summed E-state index contributed by atoms with van der Waals surface area (Å²) in [4.78, 5) is 13.7. The molecule has 3 unspecified atom stereocenters. The quantitative estimate of drug-likeness (QED) is 0.907. The molecule has 1 aromatic carbocycles. The monoisotopic (exact) mass is 259 g/mol. The van der Waals surface area contributed by atoms with Gasteiger partial charge in [-0.25, -0.2) is 0 Å². The van der Waals surface area contributed by atoms with Gasteiger partial charge in [-0.2, -0.15) is 0 Å². The van der Waals surface area contributed by atoms with Gasteiger partial charge in [0.1, 0.15) is 0 Å². The fourth-order valence-electron chi connectivity index (χ4n) is 3.79. The molecule has 102 valence electrons. The number of carbonyl (C=O) groups is 1. The van der Waals surface area contributed by atoms with Crippen molar-refractivity contribution in [3.8, 4) is 0 Å². The first-order valence-corrected chi connectivity index (χ1v) is 7.11. The molecule has 2 heterocycles. The Balaban J connectivity index is 1.81. The maximum Gasteiger partial charge on any atom is 0.308 e. The van der Waals surface area contributed by atoms with Gasteiger partial charge in [-0.1, -0.05) is 18.2 Å². The average molecular weight is 259 g/mol. The zero-order valence-corrected chi connectivity index (χ0v) is 11.6. The smallest absolute Gasteiger partial charge is 0.308 e. The fourth-order valence-corrected chi connectivity index (χ4v) is 3.79. The van der Waals surface area contributed by atoms with Gasteiger partial charge in [0.2, 0.25) is 0 Å². The molecule has 0 saturated carbocycles. The van der Waals surface area contributed by atoms with E-state index in [9.17, 15) is 9.90 Å². The van der Waals surface area contributed by atoms with E-state index >= 15 is 0 Å². The van der Waals surface area contributed by atoms with E-state index < -0.39 is 5.97 Å². The Morgan fingerprint density at radius 1 is 1.37 bits per heavy atom. The second-order valence-corrected chi connectivity index (χ2v) is 6.01. The van der Waals surface area contributed by atoms with Crippen molar-refractivity contribution < 1.29 is 9.90 Å². The molecular formula is C16H21NO2. The maximum absolute atomic E-state index is 11.3. The van der Waals surface area contributed by atoms with E-state index in [1.165, 1.54) is 23.1 Å². The third-order valence-corrected chi connectivity index (χ3v) is 5.07. The Hall–Kier alpha value is -1.35. The van der Waals surface area contributed by atoms with Gasteiger partial charge in [0.15, 0.2) is 0 Å². The number of aryl methyl sites for hydroxylation is 1. The lowest BCUT2D eigenvalue weighted by Gasteiger charge is -2.24. The first kappa shape index (κ1) is 12.7. The standard InChI is InChI=1S/C16H21NO2/c1-10-4-3-5-12(11(10)2)9-17-13-6-7-15(17)14(8-13)16(18)19/h3-5,13-15H,6-9H2,1-2H3,(H,18,19). The van der Waals surface area contributed by atoms with Crippen LogP contribution in [0.2, 0.25) is 0 Å². The molecule has 1 N–H and O–H groups in total. The van der Waals surface area contributed by atoms with Crippen LogP contribution in [0.3, 0.4) is 0 Å². The van der Waals surface area contributed by atoms with Crippen LogP contribution in [0.15, 0.2) is 18.2 Å². The van der Waals surface area contributed by atoms with Crippen LogP contribution in [0.5, 0.6) is 0 Å². The number of rotatable bonds is 3. The molecule has 2 aliphatic heterocycles. The number of aliphatic carboxylic acids is 1. The topological polar surface area (TPSA) is 40.5 Å². The molecular weight excluding hydrogens is 238 g/mol. The minimum Gasteiger partial charge on any atom is -0.481 e. The van der Waals surface area contributed by atoms with Crippen LogP contribution < -0.4 is 0 Å². The predicted molar refractivity (Wildman–Crippen MR) is 74.0 cm³/mol. The largest absolute Gasteiger partial charge is 0.481 e. The molecule has 3 rings (SSSR count). The van der Waals surface area contributed by atoms with E-state index in [1.807, 2.05) is 0 Å². The first-order chi connectivity index (χ1) is 9.08. The van der Waals surface area contributed by atoms with Crippen LogP contribution in [-0.4, -0.2) is 28.1 Å². The molecule has 3 heteroatoms. The van der Waals surface area contributed by atoms with E-state index in [0.29, 0.717) is 6.04 Å². The van der Waals surface area contributed by atoms with Gasteiger partial charge < -0.3 is 5.11 Å². The lowest BCUT2D eigenvalue weighted by atomic mass is 9.89. The summed E-state index contributed by atoms with van der Waals surface area (Å²) in [6.07, 6.45) is 3.05. The fraction of sp³-hybridized carbons (Fsp3) is 0.562. The molecule has 2 aliphatic rings. The van der Waals surface area contributed by atoms with Crippen LogP contribution in [0.1, 0.15) is 36.0 Å². The van der Waals surface area contributed by atoms with E-state index in [0.717, 1.165) is 19.4 Å². The van der Waals surface area contributed by atoms with Gasteiger partial charge in [-0.15, -0.1) is 0 Å². The molecule has 0 radical (unpaired) electrons. The molecule has 0 amide bonds. The Labute approximate surface area is 114 Å². The van der Waals surface area contributed by atoms with E-state index in [1.54, 1.807) is 0 Å². The predicted octanol–water partition coefficient (Wildman–Crippen LogP) is 2.74. The van der Waals surface area contributed by atoms with Gasteiger partial charge >= 0.3 is 5.97 Å². The number of hydrogen-bond donors (Lipinski definition) is 1. The third-order valence-electron chi connectivity index (χ3n) is 5.07.